The van der Waals surface area contributed by atoms with Crippen LogP contribution >= 0.6 is 0 Å². The lowest BCUT2D eigenvalue weighted by atomic mass is 9.83. The maximum Gasteiger partial charge on any atom is 0.334 e. The van der Waals surface area contributed by atoms with Crippen molar-refractivity contribution >= 4 is 22.5 Å². The lowest BCUT2D eigenvalue weighted by molar-refractivity contribution is -0.386. The number of amides is 1. The molecule has 3 aromatic rings. The van der Waals surface area contributed by atoms with Crippen LogP contribution in [0.3, 0.4) is 0 Å². The minimum Gasteiger partial charge on any atom is -0.383 e. The molecule has 2 aliphatic rings. The highest BCUT2D eigenvalue weighted by molar-refractivity contribution is 5.89. The lowest BCUT2D eigenvalue weighted by Gasteiger charge is -2.42. The molecule has 0 N–H and O–H groups in total. The van der Waals surface area contributed by atoms with E-state index in [1.807, 2.05) is 29.3 Å². The van der Waals surface area contributed by atoms with Crippen LogP contribution in [0.4, 0.5) is 5.69 Å². The normalized spacial score (nSPS) is 19.5. The molecule has 33 heavy (non-hydrogen) atoms. The molecule has 0 saturated carbocycles. The van der Waals surface area contributed by atoms with Gasteiger partial charge in [0.2, 0.25) is 5.91 Å². The highest BCUT2D eigenvalue weighted by atomic mass is 16.6. The van der Waals surface area contributed by atoms with E-state index in [9.17, 15) is 19.7 Å². The molecular weight excluding hydrogens is 424 g/mol. The van der Waals surface area contributed by atoms with Crippen molar-refractivity contribution in [1.82, 2.24) is 14.0 Å². The number of aromatic nitrogens is 2. The number of rotatable bonds is 6. The van der Waals surface area contributed by atoms with Crippen LogP contribution in [0.15, 0.2) is 47.4 Å². The summed E-state index contributed by atoms with van der Waals surface area (Å²) in [5.41, 5.74) is 1.93. The van der Waals surface area contributed by atoms with E-state index in [0.29, 0.717) is 32.7 Å². The van der Waals surface area contributed by atoms with E-state index in [1.165, 1.54) is 6.07 Å². The molecule has 172 valence electrons. The number of methoxy groups -OCH3 is 1. The highest BCUT2D eigenvalue weighted by Gasteiger charge is 2.37. The van der Waals surface area contributed by atoms with Crippen molar-refractivity contribution in [2.24, 2.45) is 5.92 Å². The quantitative estimate of drug-likeness (QED) is 0.425. The summed E-state index contributed by atoms with van der Waals surface area (Å²) in [6.07, 6.45) is 3.24. The van der Waals surface area contributed by atoms with Crippen LogP contribution in [0.2, 0.25) is 0 Å². The second-order valence-corrected chi connectivity index (χ2v) is 8.95. The number of hydrogen-bond acceptors (Lipinski definition) is 5. The van der Waals surface area contributed by atoms with Crippen LogP contribution in [0.25, 0.3) is 10.9 Å². The maximum atomic E-state index is 13.3. The van der Waals surface area contributed by atoms with E-state index in [0.717, 1.165) is 35.1 Å². The van der Waals surface area contributed by atoms with Crippen LogP contribution in [-0.2, 0) is 29.0 Å². The SMILES string of the molecule is COCCn1cc(CC(=O)N2CC3C[C@@H](C2)Cn2c3ccc([N+](=O)[O-])c2=O)c2ccccc21. The number of nitro groups is 1. The number of ether oxygens (including phenoxy) is 1. The summed E-state index contributed by atoms with van der Waals surface area (Å²) >= 11 is 0. The van der Waals surface area contributed by atoms with Crippen molar-refractivity contribution in [3.05, 3.63) is 74.3 Å². The number of hydrogen-bond donors (Lipinski definition) is 0. The van der Waals surface area contributed by atoms with Crippen LogP contribution in [-0.4, -0.2) is 51.7 Å². The van der Waals surface area contributed by atoms with Crippen molar-refractivity contribution in [3.8, 4) is 0 Å². The molecule has 1 saturated heterocycles. The Kier molecular flexibility index (Phi) is 5.49. The van der Waals surface area contributed by atoms with Crippen LogP contribution in [0, 0.1) is 16.0 Å². The van der Waals surface area contributed by atoms with Crippen molar-refractivity contribution in [1.29, 1.82) is 0 Å². The molecule has 1 fully saturated rings. The van der Waals surface area contributed by atoms with Crippen molar-refractivity contribution in [2.75, 3.05) is 26.8 Å². The van der Waals surface area contributed by atoms with E-state index >= 15 is 0 Å². The molecule has 2 atom stereocenters. The average molecular weight is 450 g/mol. The number of carbonyl (C=O) groups excluding carboxylic acids is 1. The van der Waals surface area contributed by atoms with Gasteiger partial charge in [-0.3, -0.25) is 19.7 Å². The first-order valence-corrected chi connectivity index (χ1v) is 11.2. The summed E-state index contributed by atoms with van der Waals surface area (Å²) in [4.78, 5) is 38.3. The van der Waals surface area contributed by atoms with Crippen LogP contribution in [0.5, 0.6) is 0 Å². The van der Waals surface area contributed by atoms with Gasteiger partial charge in [0.1, 0.15) is 0 Å². The van der Waals surface area contributed by atoms with Gasteiger partial charge in [-0.25, -0.2) is 0 Å². The van der Waals surface area contributed by atoms with E-state index in [2.05, 4.69) is 10.6 Å². The van der Waals surface area contributed by atoms with E-state index in [1.54, 1.807) is 17.7 Å². The van der Waals surface area contributed by atoms with E-state index in [-0.39, 0.29) is 17.7 Å². The number of carbonyl (C=O) groups is 1. The monoisotopic (exact) mass is 450 g/mol. The minimum absolute atomic E-state index is 0.0120. The summed E-state index contributed by atoms with van der Waals surface area (Å²) in [7, 11) is 1.67. The zero-order chi connectivity index (χ0) is 23.1. The third kappa shape index (κ3) is 3.82. The molecule has 0 aliphatic carbocycles. The Hall–Kier alpha value is -3.46. The fourth-order valence-corrected chi connectivity index (χ4v) is 5.39. The molecule has 2 bridgehead atoms. The van der Waals surface area contributed by atoms with Crippen molar-refractivity contribution in [2.45, 2.75) is 31.8 Å². The van der Waals surface area contributed by atoms with Crippen molar-refractivity contribution in [3.63, 3.8) is 0 Å². The third-order valence-corrected chi connectivity index (χ3v) is 6.88. The molecule has 1 unspecified atom stereocenters. The van der Waals surface area contributed by atoms with Gasteiger partial charge in [-0.05, 0) is 30.0 Å². The maximum absolute atomic E-state index is 13.3. The first-order valence-electron chi connectivity index (χ1n) is 11.2. The number of fused-ring (bicyclic) bond motifs is 5. The summed E-state index contributed by atoms with van der Waals surface area (Å²) < 4.78 is 8.89. The summed E-state index contributed by atoms with van der Waals surface area (Å²) in [6.45, 7) is 2.81. The Morgan fingerprint density at radius 3 is 2.79 bits per heavy atom. The Morgan fingerprint density at radius 1 is 1.18 bits per heavy atom. The van der Waals surface area contributed by atoms with Gasteiger partial charge >= 0.3 is 11.2 Å². The predicted molar refractivity (Wildman–Crippen MR) is 122 cm³/mol. The molecule has 2 aliphatic heterocycles. The number of para-hydroxylation sites is 1. The fourth-order valence-electron chi connectivity index (χ4n) is 5.39. The zero-order valence-electron chi connectivity index (χ0n) is 18.5. The first kappa shape index (κ1) is 21.4. The Bertz CT molecular complexity index is 1290. The fraction of sp³-hybridized carbons (Fsp3) is 0.417. The summed E-state index contributed by atoms with van der Waals surface area (Å²) in [6, 6.07) is 11.0. The molecule has 9 nitrogen and oxygen atoms in total. The van der Waals surface area contributed by atoms with Crippen LogP contribution in [0.1, 0.15) is 23.6 Å². The molecule has 1 aromatic carbocycles. The molecular formula is C24H26N4O5. The average Bonchev–Trinajstić information content (AvgIpc) is 3.15. The molecule has 1 amide bonds. The standard InChI is InChI=1S/C24H26N4O5/c1-33-9-8-25-14-17(19-4-2-3-5-21(19)25)11-23(29)26-12-16-10-18(15-26)20-6-7-22(28(31)32)24(30)27(20)13-16/h2-7,14,16,18H,8-13,15H2,1H3/t16-,18?/m0/s1. The number of nitrogens with zero attached hydrogens (tertiary/aromatic N) is 4. The molecule has 5 rings (SSSR count). The number of pyridine rings is 1. The van der Waals surface area contributed by atoms with Gasteiger partial charge in [0.25, 0.3) is 0 Å². The predicted octanol–water partition coefficient (Wildman–Crippen LogP) is 2.55. The zero-order valence-corrected chi connectivity index (χ0v) is 18.5. The topological polar surface area (TPSA) is 99.6 Å². The van der Waals surface area contributed by atoms with Gasteiger partial charge in [-0.2, -0.15) is 0 Å². The molecule has 2 aromatic heterocycles. The van der Waals surface area contributed by atoms with Gasteiger partial charge in [-0.1, -0.05) is 18.2 Å². The second-order valence-electron chi connectivity index (χ2n) is 8.95. The number of likely N-dealkylation sites (tertiary alicyclic amines) is 1. The second kappa shape index (κ2) is 8.47. The third-order valence-electron chi connectivity index (χ3n) is 6.88. The smallest absolute Gasteiger partial charge is 0.334 e. The lowest BCUT2D eigenvalue weighted by Crippen LogP contribution is -2.49. The Balaban J connectivity index is 1.38. The van der Waals surface area contributed by atoms with Crippen LogP contribution < -0.4 is 5.56 Å². The number of benzene rings is 1. The van der Waals surface area contributed by atoms with Gasteiger partial charge < -0.3 is 18.8 Å². The molecule has 9 heteroatoms. The summed E-state index contributed by atoms with van der Waals surface area (Å²) in [5, 5.41) is 12.2. The highest BCUT2D eigenvalue weighted by Crippen LogP contribution is 2.36. The van der Waals surface area contributed by atoms with Gasteiger partial charge in [0.05, 0.1) is 18.0 Å². The Morgan fingerprint density at radius 2 is 2.00 bits per heavy atom. The van der Waals surface area contributed by atoms with Gasteiger partial charge in [0.15, 0.2) is 0 Å². The van der Waals surface area contributed by atoms with E-state index < -0.39 is 16.2 Å². The van der Waals surface area contributed by atoms with Crippen molar-refractivity contribution < 1.29 is 14.5 Å². The minimum atomic E-state index is -0.626. The largest absolute Gasteiger partial charge is 0.383 e. The molecule has 4 heterocycles. The molecule has 0 spiro atoms. The van der Waals surface area contributed by atoms with Gasteiger partial charge in [-0.15, -0.1) is 0 Å². The van der Waals surface area contributed by atoms with E-state index in [4.69, 9.17) is 4.74 Å². The van der Waals surface area contributed by atoms with Gasteiger partial charge in [0, 0.05) is 68.1 Å². The molecule has 0 radical (unpaired) electrons. The summed E-state index contributed by atoms with van der Waals surface area (Å²) in [5.74, 6) is 0.193. The Labute approximate surface area is 190 Å². The number of piperidine rings is 1. The first-order chi connectivity index (χ1) is 16.0.